The summed E-state index contributed by atoms with van der Waals surface area (Å²) in [6.45, 7) is 4.25. The Morgan fingerprint density at radius 3 is 1.38 bits per heavy atom. The Kier molecular flexibility index (Phi) is 10.5. The van der Waals surface area contributed by atoms with Crippen molar-refractivity contribution in [1.82, 2.24) is 0 Å². The summed E-state index contributed by atoms with van der Waals surface area (Å²) in [7, 11) is 0. The molecular formula is C44H35Br2N. The molecule has 0 N–H and O–H groups in total. The van der Waals surface area contributed by atoms with E-state index in [0.29, 0.717) is 0 Å². The first-order valence-corrected chi connectivity index (χ1v) is 17.2. The fraction of sp³-hybridized carbons (Fsp3) is 0.0455. The van der Waals surface area contributed by atoms with Crippen LogP contribution in [-0.4, -0.2) is 0 Å². The molecule has 0 heterocycles. The van der Waals surface area contributed by atoms with E-state index in [2.05, 4.69) is 227 Å². The van der Waals surface area contributed by atoms with Gasteiger partial charge in [-0.15, -0.1) is 0 Å². The lowest BCUT2D eigenvalue weighted by Gasteiger charge is -2.23. The summed E-state index contributed by atoms with van der Waals surface area (Å²) in [5.74, 6) is 0. The summed E-state index contributed by atoms with van der Waals surface area (Å²) >= 11 is 7.20. The van der Waals surface area contributed by atoms with E-state index in [4.69, 9.17) is 0 Å². The van der Waals surface area contributed by atoms with Gasteiger partial charge < -0.3 is 4.90 Å². The number of halogens is 2. The summed E-state index contributed by atoms with van der Waals surface area (Å²) in [6, 6.07) is 53.7. The summed E-state index contributed by atoms with van der Waals surface area (Å²) in [5.41, 5.74) is 12.8. The standard InChI is InChI=1S/C44H35Br2N/c1-32-11-17-35(18-12-32)43(36-19-13-33(2)14-20-36)10-6-7-34-15-29-42(30-16-34)47(41-8-4-3-5-9-41)31-44(37-21-25-39(45)26-22-37)38-23-27-40(46)28-24-38/h3-31H,1-2H3. The van der Waals surface area contributed by atoms with Crippen LogP contribution in [0.3, 0.4) is 0 Å². The average Bonchev–Trinajstić information content (AvgIpc) is 3.10. The number of hydrogen-bond donors (Lipinski definition) is 0. The monoisotopic (exact) mass is 735 g/mol. The van der Waals surface area contributed by atoms with E-state index in [1.807, 2.05) is 0 Å². The van der Waals surface area contributed by atoms with Gasteiger partial charge in [0.1, 0.15) is 0 Å². The summed E-state index contributed by atoms with van der Waals surface area (Å²) in [5, 5.41) is 0. The van der Waals surface area contributed by atoms with Crippen molar-refractivity contribution in [2.75, 3.05) is 4.90 Å². The maximum atomic E-state index is 3.60. The predicted octanol–water partition coefficient (Wildman–Crippen LogP) is 13.2. The highest BCUT2D eigenvalue weighted by Crippen LogP contribution is 2.33. The van der Waals surface area contributed by atoms with Gasteiger partial charge in [-0.05, 0) is 95.8 Å². The molecule has 47 heavy (non-hydrogen) atoms. The number of para-hydroxylation sites is 1. The number of rotatable bonds is 9. The molecule has 0 aromatic heterocycles. The zero-order valence-electron chi connectivity index (χ0n) is 26.4. The smallest absolute Gasteiger partial charge is 0.0456 e. The summed E-state index contributed by atoms with van der Waals surface area (Å²) in [4.78, 5) is 2.26. The van der Waals surface area contributed by atoms with E-state index < -0.39 is 0 Å². The van der Waals surface area contributed by atoms with E-state index in [1.165, 1.54) is 27.8 Å². The molecule has 0 saturated carbocycles. The maximum Gasteiger partial charge on any atom is 0.0456 e. The minimum atomic E-state index is 1.06. The van der Waals surface area contributed by atoms with Crippen molar-refractivity contribution in [2.45, 2.75) is 13.8 Å². The van der Waals surface area contributed by atoms with Crippen LogP contribution >= 0.6 is 31.9 Å². The second kappa shape index (κ2) is 15.3. The minimum Gasteiger partial charge on any atom is -0.317 e. The molecule has 0 radical (unpaired) electrons. The molecule has 6 aromatic rings. The van der Waals surface area contributed by atoms with Gasteiger partial charge in [-0.2, -0.15) is 0 Å². The molecular weight excluding hydrogens is 702 g/mol. The van der Waals surface area contributed by atoms with Crippen LogP contribution in [0.5, 0.6) is 0 Å². The summed E-state index contributed by atoms with van der Waals surface area (Å²) < 4.78 is 2.11. The van der Waals surface area contributed by atoms with Crippen molar-refractivity contribution in [3.63, 3.8) is 0 Å². The first-order chi connectivity index (χ1) is 22.9. The lowest BCUT2D eigenvalue weighted by Crippen LogP contribution is -2.10. The van der Waals surface area contributed by atoms with E-state index in [1.54, 1.807) is 0 Å². The van der Waals surface area contributed by atoms with Gasteiger partial charge in [0.25, 0.3) is 0 Å². The molecule has 0 atom stereocenters. The molecule has 0 amide bonds. The molecule has 0 bridgehead atoms. The Bertz CT molecular complexity index is 1910. The summed E-state index contributed by atoms with van der Waals surface area (Å²) in [6.07, 6.45) is 8.78. The molecule has 0 aliphatic heterocycles. The molecule has 6 rings (SSSR count). The van der Waals surface area contributed by atoms with Gasteiger partial charge >= 0.3 is 0 Å². The van der Waals surface area contributed by atoms with Gasteiger partial charge in [0.2, 0.25) is 0 Å². The lowest BCUT2D eigenvalue weighted by molar-refractivity contribution is 1.28. The lowest BCUT2D eigenvalue weighted by atomic mass is 9.96. The Morgan fingerprint density at radius 2 is 0.894 bits per heavy atom. The number of hydrogen-bond acceptors (Lipinski definition) is 1. The molecule has 230 valence electrons. The Balaban J connectivity index is 1.35. The van der Waals surface area contributed by atoms with E-state index in [0.717, 1.165) is 42.6 Å². The molecule has 3 heteroatoms. The fourth-order valence-electron chi connectivity index (χ4n) is 5.42. The normalized spacial score (nSPS) is 10.9. The van der Waals surface area contributed by atoms with Gasteiger partial charge in [0.15, 0.2) is 0 Å². The van der Waals surface area contributed by atoms with Gasteiger partial charge in [-0.1, -0.05) is 164 Å². The Hall–Kier alpha value is -4.70. The minimum absolute atomic E-state index is 1.06. The number of aryl methyl sites for hydroxylation is 2. The predicted molar refractivity (Wildman–Crippen MR) is 209 cm³/mol. The van der Waals surface area contributed by atoms with Crippen LogP contribution in [0, 0.1) is 13.8 Å². The van der Waals surface area contributed by atoms with Gasteiger partial charge in [-0.25, -0.2) is 0 Å². The zero-order valence-corrected chi connectivity index (χ0v) is 29.6. The Morgan fingerprint density at radius 1 is 0.468 bits per heavy atom. The number of anilines is 2. The molecule has 1 nitrogen and oxygen atoms in total. The quantitative estimate of drug-likeness (QED) is 0.134. The Labute approximate surface area is 295 Å². The number of nitrogens with zero attached hydrogens (tertiary/aromatic N) is 1. The molecule has 0 unspecified atom stereocenters. The van der Waals surface area contributed by atoms with Crippen molar-refractivity contribution >= 4 is 60.5 Å². The second-order valence-electron chi connectivity index (χ2n) is 11.5. The van der Waals surface area contributed by atoms with E-state index in [-0.39, 0.29) is 0 Å². The van der Waals surface area contributed by atoms with Crippen molar-refractivity contribution in [3.05, 3.63) is 218 Å². The van der Waals surface area contributed by atoms with Crippen molar-refractivity contribution in [1.29, 1.82) is 0 Å². The number of benzene rings is 6. The van der Waals surface area contributed by atoms with Crippen molar-refractivity contribution in [3.8, 4) is 0 Å². The highest BCUT2D eigenvalue weighted by molar-refractivity contribution is 9.10. The average molecular weight is 738 g/mol. The van der Waals surface area contributed by atoms with Crippen LogP contribution in [0.4, 0.5) is 11.4 Å². The zero-order chi connectivity index (χ0) is 32.6. The van der Waals surface area contributed by atoms with Gasteiger partial charge in [0, 0.05) is 32.1 Å². The van der Waals surface area contributed by atoms with Crippen LogP contribution < -0.4 is 4.90 Å². The highest BCUT2D eigenvalue weighted by atomic mass is 79.9. The second-order valence-corrected chi connectivity index (χ2v) is 13.4. The molecule has 0 spiro atoms. The number of allylic oxidation sites excluding steroid dienone is 2. The van der Waals surface area contributed by atoms with Crippen LogP contribution in [0.25, 0.3) is 17.2 Å². The molecule has 0 fully saturated rings. The molecule has 0 aliphatic rings. The van der Waals surface area contributed by atoms with Crippen LogP contribution in [0.1, 0.15) is 38.9 Å². The van der Waals surface area contributed by atoms with Crippen LogP contribution in [0.2, 0.25) is 0 Å². The van der Waals surface area contributed by atoms with Gasteiger partial charge in [-0.3, -0.25) is 0 Å². The largest absolute Gasteiger partial charge is 0.317 e. The first kappa shape index (κ1) is 32.2. The molecule has 0 saturated heterocycles. The van der Waals surface area contributed by atoms with Gasteiger partial charge in [0.05, 0.1) is 0 Å². The van der Waals surface area contributed by atoms with Crippen LogP contribution in [0.15, 0.2) is 179 Å². The third-order valence-corrected chi connectivity index (χ3v) is 9.11. The maximum absolute atomic E-state index is 3.60. The third kappa shape index (κ3) is 8.37. The fourth-order valence-corrected chi connectivity index (χ4v) is 5.95. The molecule has 6 aromatic carbocycles. The van der Waals surface area contributed by atoms with Crippen LogP contribution in [-0.2, 0) is 0 Å². The van der Waals surface area contributed by atoms with Crippen molar-refractivity contribution < 1.29 is 0 Å². The third-order valence-electron chi connectivity index (χ3n) is 8.05. The first-order valence-electron chi connectivity index (χ1n) is 15.6. The van der Waals surface area contributed by atoms with E-state index >= 15 is 0 Å². The molecule has 0 aliphatic carbocycles. The SMILES string of the molecule is Cc1ccc(C(=CC=Cc2ccc(N(C=C(c3ccc(Br)cc3)c3ccc(Br)cc3)c3ccccc3)cc2)c2ccc(C)cc2)cc1. The van der Waals surface area contributed by atoms with E-state index in [9.17, 15) is 0 Å². The highest BCUT2D eigenvalue weighted by Gasteiger charge is 2.12. The van der Waals surface area contributed by atoms with Crippen molar-refractivity contribution in [2.24, 2.45) is 0 Å². The topological polar surface area (TPSA) is 3.24 Å².